The van der Waals surface area contributed by atoms with Gasteiger partial charge in [0.1, 0.15) is 0 Å². The number of hydrogen-bond donors (Lipinski definition) is 2. The third-order valence-electron chi connectivity index (χ3n) is 3.22. The van der Waals surface area contributed by atoms with Gasteiger partial charge in [0.05, 0.1) is 4.90 Å². The fourth-order valence-electron chi connectivity index (χ4n) is 2.06. The SMILES string of the molecule is CCN(CC)CCCNS(=O)(=O)c1cc(C)cc(N)c1. The Kier molecular flexibility index (Phi) is 6.45. The van der Waals surface area contributed by atoms with Crippen molar-refractivity contribution in [2.45, 2.75) is 32.1 Å². The highest BCUT2D eigenvalue weighted by Crippen LogP contribution is 2.15. The minimum atomic E-state index is -3.47. The third kappa shape index (κ3) is 5.11. The Morgan fingerprint density at radius 2 is 1.85 bits per heavy atom. The maximum absolute atomic E-state index is 12.1. The Hall–Kier alpha value is -1.11. The summed E-state index contributed by atoms with van der Waals surface area (Å²) < 4.78 is 26.9. The van der Waals surface area contributed by atoms with Crippen LogP contribution in [-0.4, -0.2) is 39.5 Å². The molecule has 0 aliphatic heterocycles. The number of rotatable bonds is 8. The van der Waals surface area contributed by atoms with Crippen LogP contribution in [0.25, 0.3) is 0 Å². The normalized spacial score (nSPS) is 12.0. The van der Waals surface area contributed by atoms with E-state index in [1.807, 2.05) is 6.92 Å². The number of benzene rings is 1. The van der Waals surface area contributed by atoms with Gasteiger partial charge in [-0.15, -0.1) is 0 Å². The number of hydrogen-bond acceptors (Lipinski definition) is 4. The number of nitrogen functional groups attached to an aromatic ring is 1. The molecule has 0 atom stereocenters. The lowest BCUT2D eigenvalue weighted by Gasteiger charge is -2.17. The van der Waals surface area contributed by atoms with E-state index in [9.17, 15) is 8.42 Å². The van der Waals surface area contributed by atoms with Gasteiger partial charge in [0.2, 0.25) is 10.0 Å². The molecule has 20 heavy (non-hydrogen) atoms. The highest BCUT2D eigenvalue weighted by molar-refractivity contribution is 7.89. The largest absolute Gasteiger partial charge is 0.399 e. The minimum absolute atomic E-state index is 0.234. The van der Waals surface area contributed by atoms with Crippen LogP contribution in [0.1, 0.15) is 25.8 Å². The molecule has 114 valence electrons. The first-order valence-electron chi connectivity index (χ1n) is 6.98. The summed E-state index contributed by atoms with van der Waals surface area (Å²) in [5.41, 5.74) is 7.00. The number of aryl methyl sites for hydroxylation is 1. The summed E-state index contributed by atoms with van der Waals surface area (Å²) in [5, 5.41) is 0. The van der Waals surface area contributed by atoms with Crippen LogP contribution >= 0.6 is 0 Å². The second kappa shape index (κ2) is 7.61. The summed E-state index contributed by atoms with van der Waals surface area (Å²) in [5.74, 6) is 0. The van der Waals surface area contributed by atoms with Crippen molar-refractivity contribution in [3.63, 3.8) is 0 Å². The Labute approximate surface area is 122 Å². The van der Waals surface area contributed by atoms with E-state index < -0.39 is 10.0 Å². The van der Waals surface area contributed by atoms with Gasteiger partial charge >= 0.3 is 0 Å². The molecule has 3 N–H and O–H groups in total. The monoisotopic (exact) mass is 299 g/mol. The van der Waals surface area contributed by atoms with Crippen molar-refractivity contribution in [3.8, 4) is 0 Å². The number of nitrogens with one attached hydrogen (secondary N) is 1. The maximum Gasteiger partial charge on any atom is 0.240 e. The van der Waals surface area contributed by atoms with Gasteiger partial charge in [-0.1, -0.05) is 13.8 Å². The average Bonchev–Trinajstić information content (AvgIpc) is 2.38. The molecule has 1 aromatic rings. The van der Waals surface area contributed by atoms with Crippen LogP contribution in [0.5, 0.6) is 0 Å². The molecule has 0 saturated carbocycles. The zero-order chi connectivity index (χ0) is 15.2. The van der Waals surface area contributed by atoms with Crippen molar-refractivity contribution < 1.29 is 8.42 Å². The smallest absolute Gasteiger partial charge is 0.240 e. The summed E-state index contributed by atoms with van der Waals surface area (Å²) >= 11 is 0. The Bertz CT molecular complexity index is 505. The minimum Gasteiger partial charge on any atom is -0.399 e. The van der Waals surface area contributed by atoms with E-state index in [1.54, 1.807) is 12.1 Å². The number of sulfonamides is 1. The maximum atomic E-state index is 12.1. The van der Waals surface area contributed by atoms with Crippen LogP contribution < -0.4 is 10.5 Å². The van der Waals surface area contributed by atoms with Gasteiger partial charge in [0.25, 0.3) is 0 Å². The lowest BCUT2D eigenvalue weighted by atomic mass is 10.2. The molecule has 6 heteroatoms. The average molecular weight is 299 g/mol. The van der Waals surface area contributed by atoms with Gasteiger partial charge < -0.3 is 10.6 Å². The molecule has 0 fully saturated rings. The Morgan fingerprint density at radius 1 is 1.20 bits per heavy atom. The molecule has 0 spiro atoms. The van der Waals surface area contributed by atoms with Crippen LogP contribution in [-0.2, 0) is 10.0 Å². The predicted octanol–water partition coefficient (Wildman–Crippen LogP) is 1.59. The molecular formula is C14H25N3O2S. The molecular weight excluding hydrogens is 274 g/mol. The quantitative estimate of drug-likeness (QED) is 0.564. The molecule has 0 bridgehead atoms. The van der Waals surface area contributed by atoms with Crippen LogP contribution in [0.3, 0.4) is 0 Å². The topological polar surface area (TPSA) is 75.4 Å². The molecule has 1 rings (SSSR count). The van der Waals surface area contributed by atoms with E-state index >= 15 is 0 Å². The van der Waals surface area contributed by atoms with Gasteiger partial charge in [-0.25, -0.2) is 13.1 Å². The summed E-state index contributed by atoms with van der Waals surface area (Å²) in [6.07, 6.45) is 0.794. The molecule has 5 nitrogen and oxygen atoms in total. The van der Waals surface area contributed by atoms with E-state index in [4.69, 9.17) is 5.73 Å². The standard InChI is InChI=1S/C14H25N3O2S/c1-4-17(5-2)8-6-7-16-20(18,19)14-10-12(3)9-13(15)11-14/h9-11,16H,4-8,15H2,1-3H3. The van der Waals surface area contributed by atoms with E-state index in [0.717, 1.165) is 31.6 Å². The fraction of sp³-hybridized carbons (Fsp3) is 0.571. The molecule has 0 aliphatic carbocycles. The van der Waals surface area contributed by atoms with Gasteiger partial charge in [0, 0.05) is 12.2 Å². The first-order valence-corrected chi connectivity index (χ1v) is 8.46. The van der Waals surface area contributed by atoms with Gasteiger partial charge in [0.15, 0.2) is 0 Å². The molecule has 0 saturated heterocycles. The summed E-state index contributed by atoms with van der Waals surface area (Å²) in [7, 11) is -3.47. The molecule has 0 aliphatic rings. The molecule has 0 aromatic heterocycles. The number of nitrogens with zero attached hydrogens (tertiary/aromatic N) is 1. The van der Waals surface area contributed by atoms with E-state index in [2.05, 4.69) is 23.5 Å². The van der Waals surface area contributed by atoms with Crippen molar-refractivity contribution in [2.75, 3.05) is 31.9 Å². The van der Waals surface area contributed by atoms with E-state index in [1.165, 1.54) is 6.07 Å². The summed E-state index contributed by atoms with van der Waals surface area (Å²) in [6, 6.07) is 4.86. The van der Waals surface area contributed by atoms with Crippen LogP contribution in [0.2, 0.25) is 0 Å². The van der Waals surface area contributed by atoms with Crippen molar-refractivity contribution >= 4 is 15.7 Å². The van der Waals surface area contributed by atoms with Crippen LogP contribution in [0.15, 0.2) is 23.1 Å². The Balaban J connectivity index is 2.58. The molecule has 0 amide bonds. The van der Waals surface area contributed by atoms with Gasteiger partial charge in [-0.2, -0.15) is 0 Å². The molecule has 0 heterocycles. The second-order valence-electron chi connectivity index (χ2n) is 4.86. The van der Waals surface area contributed by atoms with Crippen molar-refractivity contribution in [1.29, 1.82) is 0 Å². The van der Waals surface area contributed by atoms with Crippen molar-refractivity contribution in [2.24, 2.45) is 0 Å². The Morgan fingerprint density at radius 3 is 2.40 bits per heavy atom. The summed E-state index contributed by atoms with van der Waals surface area (Å²) in [6.45, 7) is 9.33. The van der Waals surface area contributed by atoms with Crippen molar-refractivity contribution in [3.05, 3.63) is 23.8 Å². The molecule has 1 aromatic carbocycles. The first-order chi connectivity index (χ1) is 9.39. The molecule has 0 radical (unpaired) electrons. The van der Waals surface area contributed by atoms with Crippen molar-refractivity contribution in [1.82, 2.24) is 9.62 Å². The lowest BCUT2D eigenvalue weighted by molar-refractivity contribution is 0.300. The highest BCUT2D eigenvalue weighted by Gasteiger charge is 2.14. The first kappa shape index (κ1) is 16.9. The number of anilines is 1. The van der Waals surface area contributed by atoms with E-state index in [-0.39, 0.29) is 4.90 Å². The van der Waals surface area contributed by atoms with Gasteiger partial charge in [-0.05, 0) is 56.7 Å². The predicted molar refractivity (Wildman–Crippen MR) is 83.2 cm³/mol. The zero-order valence-corrected chi connectivity index (χ0v) is 13.3. The van der Waals surface area contributed by atoms with Crippen LogP contribution in [0, 0.1) is 6.92 Å². The molecule has 0 unspecified atom stereocenters. The van der Waals surface area contributed by atoms with Gasteiger partial charge in [-0.3, -0.25) is 0 Å². The fourth-order valence-corrected chi connectivity index (χ4v) is 3.28. The highest BCUT2D eigenvalue weighted by atomic mass is 32.2. The van der Waals surface area contributed by atoms with Crippen LogP contribution in [0.4, 0.5) is 5.69 Å². The number of nitrogens with two attached hydrogens (primary N) is 1. The third-order valence-corrected chi connectivity index (χ3v) is 4.66. The second-order valence-corrected chi connectivity index (χ2v) is 6.62. The summed E-state index contributed by atoms with van der Waals surface area (Å²) in [4.78, 5) is 2.50. The van der Waals surface area contributed by atoms with E-state index in [0.29, 0.717) is 12.2 Å². The lowest BCUT2D eigenvalue weighted by Crippen LogP contribution is -2.30. The zero-order valence-electron chi connectivity index (χ0n) is 12.5.